The van der Waals surface area contributed by atoms with Gasteiger partial charge in [-0.2, -0.15) is 0 Å². The molecule has 0 bridgehead atoms. The van der Waals surface area contributed by atoms with Gasteiger partial charge in [0.05, 0.1) is 11.9 Å². The summed E-state index contributed by atoms with van der Waals surface area (Å²) in [5.41, 5.74) is 0. The lowest BCUT2D eigenvalue weighted by Gasteiger charge is -2.18. The molecular formula is C11H25NO3S. The SMILES string of the molecule is CCC(C)CS(=O)(=O)NCC(O)C(C)CC. The molecule has 2 N–H and O–H groups in total. The molecule has 0 saturated heterocycles. The molecule has 0 amide bonds. The van der Waals surface area contributed by atoms with Gasteiger partial charge in [0.2, 0.25) is 10.0 Å². The largest absolute Gasteiger partial charge is 0.391 e. The van der Waals surface area contributed by atoms with Crippen LogP contribution in [0.1, 0.15) is 40.5 Å². The van der Waals surface area contributed by atoms with Crippen LogP contribution in [0.4, 0.5) is 0 Å². The minimum absolute atomic E-state index is 0.117. The Labute approximate surface area is 99.5 Å². The highest BCUT2D eigenvalue weighted by atomic mass is 32.2. The fraction of sp³-hybridized carbons (Fsp3) is 1.00. The van der Waals surface area contributed by atoms with Gasteiger partial charge in [0, 0.05) is 6.54 Å². The number of hydrogen-bond acceptors (Lipinski definition) is 3. The summed E-state index contributed by atoms with van der Waals surface area (Å²) >= 11 is 0. The third-order valence-electron chi connectivity index (χ3n) is 3.01. The average molecular weight is 251 g/mol. The Kier molecular flexibility index (Phi) is 7.19. The summed E-state index contributed by atoms with van der Waals surface area (Å²) in [6.07, 6.45) is 1.08. The Balaban J connectivity index is 4.09. The van der Waals surface area contributed by atoms with Gasteiger partial charge >= 0.3 is 0 Å². The van der Waals surface area contributed by atoms with Crippen LogP contribution in [-0.4, -0.2) is 31.9 Å². The van der Waals surface area contributed by atoms with E-state index in [-0.39, 0.29) is 24.1 Å². The average Bonchev–Trinajstić information content (AvgIpc) is 2.24. The molecule has 3 unspecified atom stereocenters. The second-order valence-corrected chi connectivity index (χ2v) is 6.45. The fourth-order valence-corrected chi connectivity index (χ4v) is 2.76. The van der Waals surface area contributed by atoms with Gasteiger partial charge in [-0.1, -0.05) is 40.5 Å². The molecule has 0 fully saturated rings. The zero-order valence-corrected chi connectivity index (χ0v) is 11.5. The van der Waals surface area contributed by atoms with Gasteiger partial charge < -0.3 is 5.11 Å². The predicted molar refractivity (Wildman–Crippen MR) is 66.7 cm³/mol. The van der Waals surface area contributed by atoms with Crippen LogP contribution in [0.2, 0.25) is 0 Å². The number of aliphatic hydroxyl groups is 1. The van der Waals surface area contributed by atoms with Crippen molar-refractivity contribution >= 4 is 10.0 Å². The fourth-order valence-electron chi connectivity index (χ4n) is 1.24. The van der Waals surface area contributed by atoms with Crippen LogP contribution in [0.25, 0.3) is 0 Å². The maximum Gasteiger partial charge on any atom is 0.211 e. The Morgan fingerprint density at radius 1 is 1.19 bits per heavy atom. The lowest BCUT2D eigenvalue weighted by molar-refractivity contribution is 0.118. The molecule has 0 aliphatic heterocycles. The van der Waals surface area contributed by atoms with Crippen molar-refractivity contribution < 1.29 is 13.5 Å². The lowest BCUT2D eigenvalue weighted by atomic mass is 10.0. The first kappa shape index (κ1) is 15.9. The summed E-state index contributed by atoms with van der Waals surface area (Å²) in [5.74, 6) is 0.404. The summed E-state index contributed by atoms with van der Waals surface area (Å²) in [4.78, 5) is 0. The van der Waals surface area contributed by atoms with Crippen LogP contribution < -0.4 is 4.72 Å². The number of nitrogens with one attached hydrogen (secondary N) is 1. The van der Waals surface area contributed by atoms with Crippen molar-refractivity contribution in [1.82, 2.24) is 4.72 Å². The first-order valence-electron chi connectivity index (χ1n) is 5.97. The smallest absolute Gasteiger partial charge is 0.211 e. The zero-order valence-electron chi connectivity index (χ0n) is 10.7. The van der Waals surface area contributed by atoms with Crippen molar-refractivity contribution in [3.63, 3.8) is 0 Å². The minimum atomic E-state index is -3.24. The van der Waals surface area contributed by atoms with E-state index in [0.717, 1.165) is 12.8 Å². The van der Waals surface area contributed by atoms with Crippen LogP contribution in [0, 0.1) is 11.8 Å². The number of rotatable bonds is 8. The van der Waals surface area contributed by atoms with Crippen molar-refractivity contribution in [1.29, 1.82) is 0 Å². The van der Waals surface area contributed by atoms with E-state index in [9.17, 15) is 13.5 Å². The quantitative estimate of drug-likeness (QED) is 0.684. The van der Waals surface area contributed by atoms with Gasteiger partial charge in [-0.05, 0) is 11.8 Å². The maximum absolute atomic E-state index is 11.6. The molecule has 0 aromatic carbocycles. The first-order chi connectivity index (χ1) is 7.32. The second-order valence-electron chi connectivity index (χ2n) is 4.60. The van der Waals surface area contributed by atoms with Crippen LogP contribution in [-0.2, 0) is 10.0 Å². The van der Waals surface area contributed by atoms with Crippen LogP contribution in [0.3, 0.4) is 0 Å². The molecular weight excluding hydrogens is 226 g/mol. The van der Waals surface area contributed by atoms with Gasteiger partial charge in [0.25, 0.3) is 0 Å². The molecule has 5 heteroatoms. The molecule has 0 aromatic rings. The van der Waals surface area contributed by atoms with E-state index in [4.69, 9.17) is 0 Å². The van der Waals surface area contributed by atoms with E-state index in [2.05, 4.69) is 4.72 Å². The van der Waals surface area contributed by atoms with E-state index in [1.807, 2.05) is 27.7 Å². The Morgan fingerprint density at radius 2 is 1.75 bits per heavy atom. The highest BCUT2D eigenvalue weighted by Gasteiger charge is 2.18. The molecule has 0 aliphatic rings. The third-order valence-corrected chi connectivity index (χ3v) is 4.63. The van der Waals surface area contributed by atoms with E-state index in [0.29, 0.717) is 0 Å². The summed E-state index contributed by atoms with van der Waals surface area (Å²) in [6.45, 7) is 7.88. The van der Waals surface area contributed by atoms with Gasteiger partial charge in [-0.3, -0.25) is 0 Å². The van der Waals surface area contributed by atoms with Gasteiger partial charge in [0.1, 0.15) is 0 Å². The topological polar surface area (TPSA) is 66.4 Å². The zero-order chi connectivity index (χ0) is 12.8. The monoisotopic (exact) mass is 251 g/mol. The van der Waals surface area contributed by atoms with E-state index >= 15 is 0 Å². The maximum atomic E-state index is 11.6. The summed E-state index contributed by atoms with van der Waals surface area (Å²) in [6, 6.07) is 0. The van der Waals surface area contributed by atoms with Gasteiger partial charge in [-0.15, -0.1) is 0 Å². The third kappa shape index (κ3) is 6.45. The number of sulfonamides is 1. The van der Waals surface area contributed by atoms with E-state index < -0.39 is 16.1 Å². The predicted octanol–water partition coefficient (Wildman–Crippen LogP) is 1.36. The molecule has 98 valence electrons. The first-order valence-corrected chi connectivity index (χ1v) is 7.63. The van der Waals surface area contributed by atoms with Gasteiger partial charge in [-0.25, -0.2) is 13.1 Å². The molecule has 0 saturated carbocycles. The minimum Gasteiger partial charge on any atom is -0.391 e. The summed E-state index contributed by atoms with van der Waals surface area (Å²) in [7, 11) is -3.24. The van der Waals surface area contributed by atoms with Crippen LogP contribution in [0.15, 0.2) is 0 Å². The molecule has 4 nitrogen and oxygen atoms in total. The Hall–Kier alpha value is -0.130. The van der Waals surface area contributed by atoms with Crippen molar-refractivity contribution in [2.75, 3.05) is 12.3 Å². The van der Waals surface area contributed by atoms with Gasteiger partial charge in [0.15, 0.2) is 0 Å². The molecule has 0 rings (SSSR count). The molecule has 0 aromatic heterocycles. The normalized spacial score (nSPS) is 18.1. The molecule has 16 heavy (non-hydrogen) atoms. The number of aliphatic hydroxyl groups excluding tert-OH is 1. The molecule has 0 aliphatic carbocycles. The lowest BCUT2D eigenvalue weighted by Crippen LogP contribution is -2.37. The van der Waals surface area contributed by atoms with E-state index in [1.165, 1.54) is 0 Å². The van der Waals surface area contributed by atoms with Crippen LogP contribution >= 0.6 is 0 Å². The molecule has 0 spiro atoms. The molecule has 0 radical (unpaired) electrons. The van der Waals surface area contributed by atoms with Crippen LogP contribution in [0.5, 0.6) is 0 Å². The summed E-state index contributed by atoms with van der Waals surface area (Å²) in [5, 5.41) is 9.65. The number of hydrogen-bond donors (Lipinski definition) is 2. The standard InChI is InChI=1S/C11H25NO3S/c1-5-9(3)8-16(14,15)12-7-11(13)10(4)6-2/h9-13H,5-8H2,1-4H3. The van der Waals surface area contributed by atoms with Crippen molar-refractivity contribution in [3.8, 4) is 0 Å². The summed E-state index contributed by atoms with van der Waals surface area (Å²) < 4.78 is 25.6. The highest BCUT2D eigenvalue weighted by molar-refractivity contribution is 7.89. The van der Waals surface area contributed by atoms with Crippen molar-refractivity contribution in [2.45, 2.75) is 46.6 Å². The second kappa shape index (κ2) is 7.25. The van der Waals surface area contributed by atoms with Crippen molar-refractivity contribution in [3.05, 3.63) is 0 Å². The Bertz CT molecular complexity index is 277. The van der Waals surface area contributed by atoms with E-state index in [1.54, 1.807) is 0 Å². The molecule has 3 atom stereocenters. The Morgan fingerprint density at radius 3 is 2.19 bits per heavy atom. The highest BCUT2D eigenvalue weighted by Crippen LogP contribution is 2.08. The molecule has 0 heterocycles. The van der Waals surface area contributed by atoms with Crippen molar-refractivity contribution in [2.24, 2.45) is 11.8 Å².